The predicted molar refractivity (Wildman–Crippen MR) is 39.3 cm³/mol. The lowest BCUT2D eigenvalue weighted by molar-refractivity contribution is 0.431. The lowest BCUT2D eigenvalue weighted by Gasteiger charge is -2.28. The SMILES string of the molecule is [C]1NCC2C=CN=CC2N1. The van der Waals surface area contributed by atoms with Gasteiger partial charge in [-0.15, -0.1) is 0 Å². The highest BCUT2D eigenvalue weighted by atomic mass is 15.1. The van der Waals surface area contributed by atoms with Crippen LogP contribution in [0.15, 0.2) is 17.3 Å². The first kappa shape index (κ1) is 6.07. The van der Waals surface area contributed by atoms with Crippen molar-refractivity contribution in [1.29, 1.82) is 0 Å². The molecule has 2 aliphatic rings. The van der Waals surface area contributed by atoms with Crippen LogP contribution >= 0.6 is 0 Å². The molecule has 2 unspecified atom stereocenters. The van der Waals surface area contributed by atoms with Crippen LogP contribution in [0.5, 0.6) is 0 Å². The minimum Gasteiger partial charge on any atom is -0.293 e. The number of hydrogen-bond acceptors (Lipinski definition) is 3. The molecule has 1 fully saturated rings. The fourth-order valence-electron chi connectivity index (χ4n) is 1.18. The van der Waals surface area contributed by atoms with Gasteiger partial charge in [-0.3, -0.25) is 15.6 Å². The Morgan fingerprint density at radius 1 is 1.60 bits per heavy atom. The van der Waals surface area contributed by atoms with E-state index in [0.717, 1.165) is 6.54 Å². The number of rotatable bonds is 0. The van der Waals surface area contributed by atoms with E-state index in [0.29, 0.717) is 12.0 Å². The van der Waals surface area contributed by atoms with Gasteiger partial charge < -0.3 is 0 Å². The highest BCUT2D eigenvalue weighted by Gasteiger charge is 2.22. The van der Waals surface area contributed by atoms with E-state index in [1.807, 2.05) is 12.4 Å². The first-order chi connectivity index (χ1) is 4.97. The molecule has 0 aromatic rings. The van der Waals surface area contributed by atoms with E-state index in [-0.39, 0.29) is 0 Å². The Bertz CT molecular complexity index is 154. The molecule has 3 heteroatoms. The van der Waals surface area contributed by atoms with Crippen molar-refractivity contribution in [1.82, 2.24) is 10.6 Å². The molecule has 0 bridgehead atoms. The van der Waals surface area contributed by atoms with E-state index in [2.05, 4.69) is 28.4 Å². The van der Waals surface area contributed by atoms with Crippen molar-refractivity contribution in [2.75, 3.05) is 6.54 Å². The van der Waals surface area contributed by atoms with Crippen molar-refractivity contribution >= 4 is 6.21 Å². The molecule has 52 valence electrons. The average Bonchev–Trinajstić information content (AvgIpc) is 2.05. The second-order valence-electron chi connectivity index (χ2n) is 2.48. The van der Waals surface area contributed by atoms with E-state index < -0.39 is 0 Å². The third-order valence-electron chi connectivity index (χ3n) is 1.79. The molecule has 0 amide bonds. The monoisotopic (exact) mass is 135 g/mol. The number of nitrogens with zero attached hydrogens (tertiary/aromatic N) is 1. The number of fused-ring (bicyclic) bond motifs is 1. The molecular formula is C7H9N3. The quantitative estimate of drug-likeness (QED) is 0.481. The summed E-state index contributed by atoms with van der Waals surface area (Å²) < 4.78 is 0. The molecule has 1 saturated heterocycles. The molecule has 10 heavy (non-hydrogen) atoms. The van der Waals surface area contributed by atoms with Crippen molar-refractivity contribution in [3.63, 3.8) is 0 Å². The van der Waals surface area contributed by atoms with Crippen LogP contribution in [0.1, 0.15) is 0 Å². The molecule has 0 aliphatic carbocycles. The van der Waals surface area contributed by atoms with Gasteiger partial charge >= 0.3 is 0 Å². The molecule has 2 heterocycles. The average molecular weight is 135 g/mol. The lowest BCUT2D eigenvalue weighted by atomic mass is 9.98. The summed E-state index contributed by atoms with van der Waals surface area (Å²) in [6.07, 6.45) is 5.86. The van der Waals surface area contributed by atoms with Crippen LogP contribution in [-0.4, -0.2) is 18.8 Å². The van der Waals surface area contributed by atoms with E-state index in [1.165, 1.54) is 0 Å². The molecular weight excluding hydrogens is 126 g/mol. The Hall–Kier alpha value is -0.670. The zero-order valence-corrected chi connectivity index (χ0v) is 5.54. The van der Waals surface area contributed by atoms with Crippen LogP contribution < -0.4 is 10.6 Å². The highest BCUT2D eigenvalue weighted by molar-refractivity contribution is 5.67. The maximum Gasteiger partial charge on any atom is 0.141 e. The Balaban J connectivity index is 2.09. The van der Waals surface area contributed by atoms with Gasteiger partial charge in [0.05, 0.1) is 6.04 Å². The van der Waals surface area contributed by atoms with Crippen molar-refractivity contribution in [2.24, 2.45) is 10.9 Å². The summed E-state index contributed by atoms with van der Waals surface area (Å²) in [5.74, 6) is 0.541. The number of aliphatic imine (C=N–C) groups is 1. The minimum absolute atomic E-state index is 0.353. The van der Waals surface area contributed by atoms with Gasteiger partial charge in [0, 0.05) is 24.9 Å². The molecule has 2 radical (unpaired) electrons. The number of nitrogens with one attached hydrogen (secondary N) is 2. The van der Waals surface area contributed by atoms with E-state index in [9.17, 15) is 0 Å². The summed E-state index contributed by atoms with van der Waals surface area (Å²) in [5.41, 5.74) is 0. The summed E-state index contributed by atoms with van der Waals surface area (Å²) in [4.78, 5) is 4.03. The van der Waals surface area contributed by atoms with Crippen LogP contribution in [0.25, 0.3) is 0 Å². The van der Waals surface area contributed by atoms with Crippen LogP contribution in [0.4, 0.5) is 0 Å². The molecule has 3 nitrogen and oxygen atoms in total. The summed E-state index contributed by atoms with van der Waals surface area (Å²) in [7, 11) is 0. The molecule has 0 aromatic heterocycles. The zero-order valence-electron chi connectivity index (χ0n) is 5.54. The van der Waals surface area contributed by atoms with Crippen molar-refractivity contribution in [3.8, 4) is 0 Å². The van der Waals surface area contributed by atoms with Gasteiger partial charge in [-0.2, -0.15) is 0 Å². The van der Waals surface area contributed by atoms with Crippen LogP contribution in [0.2, 0.25) is 0 Å². The molecule has 0 aromatic carbocycles. The smallest absolute Gasteiger partial charge is 0.141 e. The summed E-state index contributed by atoms with van der Waals surface area (Å²) in [6, 6.07) is 0.353. The van der Waals surface area contributed by atoms with Gasteiger partial charge in [0.2, 0.25) is 0 Å². The largest absolute Gasteiger partial charge is 0.293 e. The second kappa shape index (κ2) is 2.52. The lowest BCUT2D eigenvalue weighted by Crippen LogP contribution is -2.49. The molecule has 2 aliphatic heterocycles. The normalized spacial score (nSPS) is 37.6. The van der Waals surface area contributed by atoms with Gasteiger partial charge in [-0.25, -0.2) is 0 Å². The third kappa shape index (κ3) is 0.978. The maximum absolute atomic E-state index is 4.03. The summed E-state index contributed by atoms with van der Waals surface area (Å²) in [5, 5.41) is 6.07. The molecule has 0 spiro atoms. The van der Waals surface area contributed by atoms with Crippen LogP contribution in [-0.2, 0) is 0 Å². The Kier molecular flexibility index (Phi) is 1.53. The van der Waals surface area contributed by atoms with Crippen molar-refractivity contribution in [3.05, 3.63) is 18.9 Å². The highest BCUT2D eigenvalue weighted by Crippen LogP contribution is 2.10. The Morgan fingerprint density at radius 3 is 3.50 bits per heavy atom. The second-order valence-corrected chi connectivity index (χ2v) is 2.48. The summed E-state index contributed by atoms with van der Waals surface area (Å²) in [6.45, 7) is 3.82. The minimum atomic E-state index is 0.353. The fourth-order valence-corrected chi connectivity index (χ4v) is 1.18. The topological polar surface area (TPSA) is 36.4 Å². The third-order valence-corrected chi connectivity index (χ3v) is 1.79. The summed E-state index contributed by atoms with van der Waals surface area (Å²) >= 11 is 0. The maximum atomic E-state index is 4.03. The standard InChI is InChI=1S/C7H9N3/c1-2-8-4-7-6(1)3-9-5-10-7/h1-2,4,6-7,9-10H,3H2. The Labute approximate surface area is 60.2 Å². The van der Waals surface area contributed by atoms with Gasteiger partial charge in [0.15, 0.2) is 0 Å². The zero-order chi connectivity index (χ0) is 6.81. The van der Waals surface area contributed by atoms with Gasteiger partial charge in [-0.1, -0.05) is 6.08 Å². The van der Waals surface area contributed by atoms with Crippen LogP contribution in [0.3, 0.4) is 0 Å². The van der Waals surface area contributed by atoms with E-state index in [4.69, 9.17) is 0 Å². The van der Waals surface area contributed by atoms with E-state index >= 15 is 0 Å². The molecule has 2 rings (SSSR count). The van der Waals surface area contributed by atoms with Crippen molar-refractivity contribution in [2.45, 2.75) is 6.04 Å². The first-order valence-corrected chi connectivity index (χ1v) is 3.40. The first-order valence-electron chi connectivity index (χ1n) is 3.40. The molecule has 2 atom stereocenters. The molecule has 2 N–H and O–H groups in total. The van der Waals surface area contributed by atoms with Crippen molar-refractivity contribution < 1.29 is 0 Å². The molecule has 0 saturated carbocycles. The van der Waals surface area contributed by atoms with Crippen LogP contribution in [0, 0.1) is 12.6 Å². The van der Waals surface area contributed by atoms with E-state index in [1.54, 1.807) is 0 Å². The van der Waals surface area contributed by atoms with Gasteiger partial charge in [0.1, 0.15) is 6.67 Å². The Morgan fingerprint density at radius 2 is 2.60 bits per heavy atom. The number of hydrogen-bond donors (Lipinski definition) is 2. The predicted octanol–water partition coefficient (Wildman–Crippen LogP) is -0.242. The van der Waals surface area contributed by atoms with Gasteiger partial charge in [-0.05, 0) is 0 Å². The fraction of sp³-hybridized carbons (Fsp3) is 0.429. The van der Waals surface area contributed by atoms with Gasteiger partial charge in [0.25, 0.3) is 0 Å².